The Morgan fingerprint density at radius 3 is 2.09 bits per heavy atom. The van der Waals surface area contributed by atoms with Crippen molar-refractivity contribution in [1.82, 2.24) is 0 Å². The molecule has 0 aromatic heterocycles. The van der Waals surface area contributed by atoms with Crippen LogP contribution in [-0.2, 0) is 6.54 Å². The number of nitrogens with two attached hydrogens (primary N) is 1. The van der Waals surface area contributed by atoms with E-state index in [0.29, 0.717) is 6.54 Å². The van der Waals surface area contributed by atoms with Crippen LogP contribution in [0.1, 0.15) is 16.7 Å². The van der Waals surface area contributed by atoms with Crippen LogP contribution in [-0.4, -0.2) is 0 Å². The lowest BCUT2D eigenvalue weighted by atomic mass is 10.0. The molecule has 0 aliphatic rings. The molecule has 1 rings (SSSR count). The third-order valence-corrected chi connectivity index (χ3v) is 2.08. The van der Waals surface area contributed by atoms with E-state index in [1.165, 1.54) is 16.7 Å². The summed E-state index contributed by atoms with van der Waals surface area (Å²) in [6.07, 6.45) is 0. The highest BCUT2D eigenvalue weighted by Gasteiger charge is 2.00. The number of benzene rings is 1. The number of aryl methyl sites for hydroxylation is 2. The van der Waals surface area contributed by atoms with Gasteiger partial charge in [0.1, 0.15) is 0 Å². The van der Waals surface area contributed by atoms with E-state index in [2.05, 4.69) is 0 Å². The Morgan fingerprint density at radius 1 is 1.27 bits per heavy atom. The van der Waals surface area contributed by atoms with Crippen molar-refractivity contribution in [3.8, 4) is 0 Å². The van der Waals surface area contributed by atoms with Gasteiger partial charge in [-0.25, -0.2) is 0 Å². The normalized spacial score (nSPS) is 10.2. The zero-order valence-electron chi connectivity index (χ0n) is 6.82. The predicted octanol–water partition coefficient (Wildman–Crippen LogP) is 2.42. The maximum atomic E-state index is 5.84. The lowest BCUT2D eigenvalue weighted by molar-refractivity contribution is 1.03. The van der Waals surface area contributed by atoms with E-state index in [1.54, 1.807) is 0 Å². The quantitative estimate of drug-likeness (QED) is 0.687. The van der Waals surface area contributed by atoms with Crippen molar-refractivity contribution in [2.45, 2.75) is 20.4 Å². The first-order valence-corrected chi connectivity index (χ1v) is 3.98. The summed E-state index contributed by atoms with van der Waals surface area (Å²) in [5.41, 5.74) is 9.12. The summed E-state index contributed by atoms with van der Waals surface area (Å²) in [4.78, 5) is 0. The van der Waals surface area contributed by atoms with Gasteiger partial charge >= 0.3 is 0 Å². The Kier molecular flexibility index (Phi) is 2.53. The van der Waals surface area contributed by atoms with Gasteiger partial charge in [-0.3, -0.25) is 0 Å². The minimum atomic E-state index is 0.592. The number of halogens is 1. The zero-order chi connectivity index (χ0) is 8.43. The third-order valence-electron chi connectivity index (χ3n) is 1.86. The van der Waals surface area contributed by atoms with E-state index in [9.17, 15) is 0 Å². The molecule has 0 bridgehead atoms. The van der Waals surface area contributed by atoms with Crippen LogP contribution in [0.5, 0.6) is 0 Å². The van der Waals surface area contributed by atoms with Crippen LogP contribution >= 0.6 is 11.6 Å². The van der Waals surface area contributed by atoms with E-state index in [-0.39, 0.29) is 0 Å². The molecule has 2 heteroatoms. The molecule has 0 spiro atoms. The van der Waals surface area contributed by atoms with Gasteiger partial charge in [-0.05, 0) is 42.7 Å². The Bertz CT molecular complexity index is 245. The fourth-order valence-electron chi connectivity index (χ4n) is 1.26. The smallest absolute Gasteiger partial charge is 0.0411 e. The molecule has 0 amide bonds. The lowest BCUT2D eigenvalue weighted by Crippen LogP contribution is -2.01. The first-order valence-electron chi connectivity index (χ1n) is 3.61. The Hall–Kier alpha value is -0.530. The summed E-state index contributed by atoms with van der Waals surface area (Å²) >= 11 is 5.84. The molecule has 0 heterocycles. The highest BCUT2D eigenvalue weighted by atomic mass is 35.5. The van der Waals surface area contributed by atoms with E-state index >= 15 is 0 Å². The van der Waals surface area contributed by atoms with Gasteiger partial charge in [0, 0.05) is 11.6 Å². The minimum absolute atomic E-state index is 0.592. The van der Waals surface area contributed by atoms with Crippen LogP contribution in [0.25, 0.3) is 0 Å². The summed E-state index contributed by atoms with van der Waals surface area (Å²) in [7, 11) is 0. The van der Waals surface area contributed by atoms with Gasteiger partial charge < -0.3 is 5.73 Å². The summed E-state index contributed by atoms with van der Waals surface area (Å²) in [6, 6.07) is 3.88. The highest BCUT2D eigenvalue weighted by Crippen LogP contribution is 2.19. The van der Waals surface area contributed by atoms with Crippen LogP contribution in [0.15, 0.2) is 12.1 Å². The zero-order valence-corrected chi connectivity index (χ0v) is 7.57. The maximum Gasteiger partial charge on any atom is 0.0411 e. The fourth-order valence-corrected chi connectivity index (χ4v) is 1.59. The molecule has 11 heavy (non-hydrogen) atoms. The molecule has 0 fully saturated rings. The van der Waals surface area contributed by atoms with E-state index in [4.69, 9.17) is 17.3 Å². The van der Waals surface area contributed by atoms with Crippen LogP contribution < -0.4 is 5.73 Å². The van der Waals surface area contributed by atoms with Crippen LogP contribution in [0, 0.1) is 13.8 Å². The van der Waals surface area contributed by atoms with Gasteiger partial charge in [-0.2, -0.15) is 0 Å². The Morgan fingerprint density at radius 2 is 1.73 bits per heavy atom. The largest absolute Gasteiger partial charge is 0.326 e. The van der Waals surface area contributed by atoms with Gasteiger partial charge in [-0.1, -0.05) is 11.6 Å². The lowest BCUT2D eigenvalue weighted by Gasteiger charge is -2.06. The maximum absolute atomic E-state index is 5.84. The topological polar surface area (TPSA) is 26.0 Å². The molecule has 0 saturated heterocycles. The molecular weight excluding hydrogens is 158 g/mol. The highest BCUT2D eigenvalue weighted by molar-refractivity contribution is 6.30. The van der Waals surface area contributed by atoms with Crippen LogP contribution in [0.3, 0.4) is 0 Å². The minimum Gasteiger partial charge on any atom is -0.326 e. The fraction of sp³-hybridized carbons (Fsp3) is 0.333. The summed E-state index contributed by atoms with van der Waals surface area (Å²) in [5.74, 6) is 0. The third kappa shape index (κ3) is 1.73. The molecule has 2 N–H and O–H groups in total. The number of hydrogen-bond donors (Lipinski definition) is 1. The van der Waals surface area contributed by atoms with Crippen molar-refractivity contribution in [1.29, 1.82) is 0 Å². The second-order valence-electron chi connectivity index (χ2n) is 2.72. The molecule has 1 aromatic carbocycles. The molecule has 0 unspecified atom stereocenters. The molecule has 0 atom stereocenters. The molecule has 0 aliphatic carbocycles. The summed E-state index contributed by atoms with van der Waals surface area (Å²) < 4.78 is 0. The average Bonchev–Trinajstić information content (AvgIpc) is 1.85. The van der Waals surface area contributed by atoms with Gasteiger partial charge in [0.25, 0.3) is 0 Å². The molecule has 0 radical (unpaired) electrons. The van der Waals surface area contributed by atoms with Gasteiger partial charge in [0.2, 0.25) is 0 Å². The van der Waals surface area contributed by atoms with Gasteiger partial charge in [0.15, 0.2) is 0 Å². The van der Waals surface area contributed by atoms with Crippen molar-refractivity contribution in [2.75, 3.05) is 0 Å². The van der Waals surface area contributed by atoms with Crippen LogP contribution in [0.4, 0.5) is 0 Å². The monoisotopic (exact) mass is 169 g/mol. The molecule has 60 valence electrons. The van der Waals surface area contributed by atoms with E-state index < -0.39 is 0 Å². The standard InChI is InChI=1S/C9H12ClN/c1-6-3-8(10)4-7(2)9(6)5-11/h3-4H,5,11H2,1-2H3. The number of rotatable bonds is 1. The molecule has 0 aliphatic heterocycles. The van der Waals surface area contributed by atoms with Crippen molar-refractivity contribution >= 4 is 11.6 Å². The van der Waals surface area contributed by atoms with E-state index in [0.717, 1.165) is 5.02 Å². The molecule has 0 saturated carbocycles. The van der Waals surface area contributed by atoms with Crippen molar-refractivity contribution < 1.29 is 0 Å². The van der Waals surface area contributed by atoms with Crippen molar-refractivity contribution in [2.24, 2.45) is 5.73 Å². The molecule has 1 nitrogen and oxygen atoms in total. The second-order valence-corrected chi connectivity index (χ2v) is 3.16. The van der Waals surface area contributed by atoms with E-state index in [1.807, 2.05) is 26.0 Å². The Balaban J connectivity index is 3.25. The van der Waals surface area contributed by atoms with Crippen LogP contribution in [0.2, 0.25) is 5.02 Å². The molecule has 1 aromatic rings. The van der Waals surface area contributed by atoms with Gasteiger partial charge in [-0.15, -0.1) is 0 Å². The van der Waals surface area contributed by atoms with Gasteiger partial charge in [0.05, 0.1) is 0 Å². The summed E-state index contributed by atoms with van der Waals surface area (Å²) in [5, 5.41) is 0.789. The predicted molar refractivity (Wildman–Crippen MR) is 48.8 cm³/mol. The SMILES string of the molecule is Cc1cc(Cl)cc(C)c1CN. The first kappa shape index (κ1) is 8.57. The van der Waals surface area contributed by atoms with Crippen molar-refractivity contribution in [3.05, 3.63) is 33.8 Å². The first-order chi connectivity index (χ1) is 5.15. The summed E-state index contributed by atoms with van der Waals surface area (Å²) in [6.45, 7) is 4.65. The second kappa shape index (κ2) is 3.24. The van der Waals surface area contributed by atoms with Crippen molar-refractivity contribution in [3.63, 3.8) is 0 Å². The molecular formula is C9H12ClN. The number of hydrogen-bond acceptors (Lipinski definition) is 1. The Labute approximate surface area is 72.2 Å². The average molecular weight is 170 g/mol.